The molecule has 1 aromatic carbocycles. The quantitative estimate of drug-likeness (QED) is 0.815. The first-order chi connectivity index (χ1) is 8.67. The van der Waals surface area contributed by atoms with Crippen LogP contribution >= 0.6 is 0 Å². The minimum atomic E-state index is -0.488. The Morgan fingerprint density at radius 2 is 2.06 bits per heavy atom. The third-order valence-electron chi connectivity index (χ3n) is 3.04. The molecule has 0 aliphatic carbocycles. The highest BCUT2D eigenvalue weighted by molar-refractivity contribution is 5.67. The molecule has 1 rings (SSSR count). The van der Waals surface area contributed by atoms with Gasteiger partial charge in [-0.15, -0.1) is 0 Å². The fourth-order valence-corrected chi connectivity index (χ4v) is 1.57. The van der Waals surface area contributed by atoms with Crippen molar-refractivity contribution >= 4 is 6.09 Å². The molecule has 4 nitrogen and oxygen atoms in total. The lowest BCUT2D eigenvalue weighted by atomic mass is 10.0. The van der Waals surface area contributed by atoms with Gasteiger partial charge in [0.25, 0.3) is 0 Å². The van der Waals surface area contributed by atoms with E-state index in [0.29, 0.717) is 0 Å². The highest BCUT2D eigenvalue weighted by Crippen LogP contribution is 2.07. The van der Waals surface area contributed by atoms with E-state index in [1.807, 2.05) is 44.2 Å². The van der Waals surface area contributed by atoms with Crippen molar-refractivity contribution in [3.05, 3.63) is 35.9 Å². The monoisotopic (exact) mass is 251 g/mol. The third kappa shape index (κ3) is 4.75. The topological polar surface area (TPSA) is 58.6 Å². The van der Waals surface area contributed by atoms with Crippen molar-refractivity contribution in [3.63, 3.8) is 0 Å². The first-order valence-electron chi connectivity index (χ1n) is 6.25. The van der Waals surface area contributed by atoms with E-state index in [2.05, 4.69) is 5.32 Å². The van der Waals surface area contributed by atoms with E-state index < -0.39 is 6.09 Å². The number of carbonyl (C=O) groups is 1. The number of rotatable bonds is 6. The normalized spacial score (nSPS) is 13.7. The smallest absolute Gasteiger partial charge is 0.407 e. The molecule has 0 radical (unpaired) electrons. The van der Waals surface area contributed by atoms with Gasteiger partial charge in [-0.25, -0.2) is 4.79 Å². The Hall–Kier alpha value is -1.55. The lowest BCUT2D eigenvalue weighted by Crippen LogP contribution is -2.42. The number of hydrogen-bond donors (Lipinski definition) is 2. The zero-order chi connectivity index (χ0) is 13.4. The SMILES string of the molecule is CC[C@H](C)[C@@H](CO)NC(=O)OCc1ccccc1. The Bertz CT molecular complexity index is 353. The fourth-order valence-electron chi connectivity index (χ4n) is 1.57. The van der Waals surface area contributed by atoms with Crippen molar-refractivity contribution in [2.45, 2.75) is 32.9 Å². The maximum atomic E-state index is 11.6. The van der Waals surface area contributed by atoms with Crippen LogP contribution in [0, 0.1) is 5.92 Å². The molecule has 0 heterocycles. The Labute approximate surface area is 108 Å². The molecule has 18 heavy (non-hydrogen) atoms. The van der Waals surface area contributed by atoms with E-state index in [0.717, 1.165) is 12.0 Å². The Morgan fingerprint density at radius 1 is 1.39 bits per heavy atom. The lowest BCUT2D eigenvalue weighted by Gasteiger charge is -2.21. The minimum absolute atomic E-state index is 0.0740. The summed E-state index contributed by atoms with van der Waals surface area (Å²) in [6, 6.07) is 9.24. The summed E-state index contributed by atoms with van der Waals surface area (Å²) >= 11 is 0. The summed E-state index contributed by atoms with van der Waals surface area (Å²) in [5.74, 6) is 0.222. The third-order valence-corrected chi connectivity index (χ3v) is 3.04. The number of benzene rings is 1. The number of alkyl carbamates (subject to hydrolysis) is 1. The second-order valence-corrected chi connectivity index (χ2v) is 4.38. The van der Waals surface area contributed by atoms with Crippen LogP contribution in [0.2, 0.25) is 0 Å². The number of aliphatic hydroxyl groups excluding tert-OH is 1. The maximum Gasteiger partial charge on any atom is 0.407 e. The molecule has 1 amide bonds. The zero-order valence-corrected chi connectivity index (χ0v) is 10.9. The summed E-state index contributed by atoms with van der Waals surface area (Å²) in [5.41, 5.74) is 0.941. The van der Waals surface area contributed by atoms with Crippen molar-refractivity contribution in [2.75, 3.05) is 6.61 Å². The predicted octanol–water partition coefficient (Wildman–Crippen LogP) is 2.32. The van der Waals surface area contributed by atoms with Crippen LogP contribution in [0.5, 0.6) is 0 Å². The van der Waals surface area contributed by atoms with Crippen LogP contribution in [-0.2, 0) is 11.3 Å². The second kappa shape index (κ2) is 7.71. The van der Waals surface area contributed by atoms with Crippen molar-refractivity contribution in [3.8, 4) is 0 Å². The van der Waals surface area contributed by atoms with E-state index >= 15 is 0 Å². The number of nitrogens with one attached hydrogen (secondary N) is 1. The molecule has 2 atom stereocenters. The van der Waals surface area contributed by atoms with Gasteiger partial charge in [0.2, 0.25) is 0 Å². The number of hydrogen-bond acceptors (Lipinski definition) is 3. The van der Waals surface area contributed by atoms with Gasteiger partial charge in [-0.3, -0.25) is 0 Å². The molecule has 4 heteroatoms. The summed E-state index contributed by atoms with van der Waals surface area (Å²) < 4.78 is 5.09. The molecule has 0 spiro atoms. The average molecular weight is 251 g/mol. The van der Waals surface area contributed by atoms with Gasteiger partial charge in [0.1, 0.15) is 6.61 Å². The lowest BCUT2D eigenvalue weighted by molar-refractivity contribution is 0.121. The first-order valence-corrected chi connectivity index (χ1v) is 6.25. The molecule has 0 saturated heterocycles. The molecule has 0 aromatic heterocycles. The van der Waals surface area contributed by atoms with E-state index in [1.54, 1.807) is 0 Å². The second-order valence-electron chi connectivity index (χ2n) is 4.38. The maximum absolute atomic E-state index is 11.6. The largest absolute Gasteiger partial charge is 0.445 e. The molecule has 100 valence electrons. The molecule has 0 saturated carbocycles. The summed E-state index contributed by atoms with van der Waals surface area (Å²) in [4.78, 5) is 11.6. The number of ether oxygens (including phenoxy) is 1. The minimum Gasteiger partial charge on any atom is -0.445 e. The van der Waals surface area contributed by atoms with Gasteiger partial charge in [0, 0.05) is 0 Å². The summed E-state index contributed by atoms with van der Waals surface area (Å²) in [7, 11) is 0. The van der Waals surface area contributed by atoms with Crippen LogP contribution in [0.4, 0.5) is 4.79 Å². The van der Waals surface area contributed by atoms with Gasteiger partial charge in [0.05, 0.1) is 12.6 Å². The van der Waals surface area contributed by atoms with Crippen LogP contribution in [0.3, 0.4) is 0 Å². The number of aliphatic hydroxyl groups is 1. The molecule has 0 bridgehead atoms. The standard InChI is InChI=1S/C14H21NO3/c1-3-11(2)13(9-16)15-14(17)18-10-12-7-5-4-6-8-12/h4-8,11,13,16H,3,9-10H2,1-2H3,(H,15,17)/t11-,13+/m0/s1. The first kappa shape index (κ1) is 14.5. The van der Waals surface area contributed by atoms with Gasteiger partial charge in [-0.1, -0.05) is 50.6 Å². The van der Waals surface area contributed by atoms with Gasteiger partial charge >= 0.3 is 6.09 Å². The van der Waals surface area contributed by atoms with Crippen molar-refractivity contribution in [1.29, 1.82) is 0 Å². The fraction of sp³-hybridized carbons (Fsp3) is 0.500. The highest BCUT2D eigenvalue weighted by Gasteiger charge is 2.17. The molecule has 0 fully saturated rings. The molecule has 1 aromatic rings. The molecular weight excluding hydrogens is 230 g/mol. The number of amides is 1. The number of carbonyl (C=O) groups excluding carboxylic acids is 1. The summed E-state index contributed by atoms with van der Waals surface area (Å²) in [6.07, 6.45) is 0.405. The van der Waals surface area contributed by atoms with Crippen molar-refractivity contribution in [2.24, 2.45) is 5.92 Å². The summed E-state index contributed by atoms with van der Waals surface area (Å²) in [6.45, 7) is 4.17. The summed E-state index contributed by atoms with van der Waals surface area (Å²) in [5, 5.41) is 11.9. The average Bonchev–Trinajstić information content (AvgIpc) is 2.42. The van der Waals surface area contributed by atoms with Gasteiger partial charge in [0.15, 0.2) is 0 Å². The van der Waals surface area contributed by atoms with Crippen LogP contribution in [0.15, 0.2) is 30.3 Å². The van der Waals surface area contributed by atoms with Crippen LogP contribution in [-0.4, -0.2) is 23.8 Å². The van der Waals surface area contributed by atoms with E-state index in [9.17, 15) is 9.90 Å². The van der Waals surface area contributed by atoms with Crippen LogP contribution in [0.25, 0.3) is 0 Å². The Kier molecular flexibility index (Phi) is 6.22. The molecule has 0 aliphatic heterocycles. The zero-order valence-electron chi connectivity index (χ0n) is 10.9. The van der Waals surface area contributed by atoms with Gasteiger partial charge in [-0.05, 0) is 11.5 Å². The molecule has 0 unspecified atom stereocenters. The van der Waals surface area contributed by atoms with E-state index in [4.69, 9.17) is 4.74 Å². The Balaban J connectivity index is 2.37. The molecular formula is C14H21NO3. The van der Waals surface area contributed by atoms with Crippen LogP contribution < -0.4 is 5.32 Å². The van der Waals surface area contributed by atoms with E-state index in [1.165, 1.54) is 0 Å². The van der Waals surface area contributed by atoms with Crippen LogP contribution in [0.1, 0.15) is 25.8 Å². The van der Waals surface area contributed by atoms with Gasteiger partial charge < -0.3 is 15.2 Å². The van der Waals surface area contributed by atoms with Crippen molar-refractivity contribution in [1.82, 2.24) is 5.32 Å². The Morgan fingerprint density at radius 3 is 2.61 bits per heavy atom. The van der Waals surface area contributed by atoms with Gasteiger partial charge in [-0.2, -0.15) is 0 Å². The highest BCUT2D eigenvalue weighted by atomic mass is 16.5. The molecule has 2 N–H and O–H groups in total. The van der Waals surface area contributed by atoms with E-state index in [-0.39, 0.29) is 25.2 Å². The van der Waals surface area contributed by atoms with Crippen molar-refractivity contribution < 1.29 is 14.6 Å². The predicted molar refractivity (Wildman–Crippen MR) is 70.1 cm³/mol. The molecule has 0 aliphatic rings.